The minimum Gasteiger partial charge on any atom is -0.772 e. The normalized spacial score (nSPS) is 12.3. The molecule has 0 radical (unpaired) electrons. The van der Waals surface area contributed by atoms with E-state index in [0.717, 1.165) is 17.3 Å². The molecule has 1 heterocycles. The van der Waals surface area contributed by atoms with E-state index in [9.17, 15) is 17.5 Å². The SMILES string of the molecule is Cc1ccn(-c2ccc(CS(=O)[O-])cc2)c1-c1ccc(F)cc1F. The van der Waals surface area contributed by atoms with Crippen LogP contribution in [0.15, 0.2) is 54.7 Å². The fourth-order valence-electron chi connectivity index (χ4n) is 2.66. The van der Waals surface area contributed by atoms with Gasteiger partial charge < -0.3 is 9.12 Å². The molecule has 0 saturated carbocycles. The van der Waals surface area contributed by atoms with Crippen molar-refractivity contribution in [3.63, 3.8) is 0 Å². The first kappa shape index (κ1) is 16.5. The van der Waals surface area contributed by atoms with Gasteiger partial charge in [0.2, 0.25) is 0 Å². The van der Waals surface area contributed by atoms with E-state index in [0.29, 0.717) is 16.8 Å². The average Bonchev–Trinajstić information content (AvgIpc) is 2.89. The minimum absolute atomic E-state index is 0.0512. The zero-order chi connectivity index (χ0) is 17.3. The predicted molar refractivity (Wildman–Crippen MR) is 88.5 cm³/mol. The van der Waals surface area contributed by atoms with Crippen molar-refractivity contribution in [1.82, 2.24) is 4.57 Å². The first-order chi connectivity index (χ1) is 11.5. The lowest BCUT2D eigenvalue weighted by Crippen LogP contribution is -1.99. The Kier molecular flexibility index (Phi) is 4.59. The highest BCUT2D eigenvalue weighted by Gasteiger charge is 2.14. The molecule has 24 heavy (non-hydrogen) atoms. The van der Waals surface area contributed by atoms with Gasteiger partial charge in [0.05, 0.1) is 5.69 Å². The summed E-state index contributed by atoms with van der Waals surface area (Å²) >= 11 is -2.14. The van der Waals surface area contributed by atoms with Crippen LogP contribution in [0.3, 0.4) is 0 Å². The molecule has 1 aromatic heterocycles. The molecule has 0 aliphatic heterocycles. The summed E-state index contributed by atoms with van der Waals surface area (Å²) in [4.78, 5) is 0. The molecule has 0 amide bonds. The number of hydrogen-bond donors (Lipinski definition) is 0. The molecule has 0 bridgehead atoms. The molecule has 3 aromatic rings. The molecule has 3 rings (SSSR count). The number of halogens is 2. The van der Waals surface area contributed by atoms with Crippen molar-refractivity contribution in [3.8, 4) is 16.9 Å². The Morgan fingerprint density at radius 1 is 1.08 bits per heavy atom. The van der Waals surface area contributed by atoms with Crippen molar-refractivity contribution in [3.05, 3.63) is 77.5 Å². The molecule has 0 spiro atoms. The fraction of sp³-hybridized carbons (Fsp3) is 0.111. The maximum atomic E-state index is 14.2. The van der Waals surface area contributed by atoms with Gasteiger partial charge in [-0.25, -0.2) is 8.78 Å². The molecule has 0 fully saturated rings. The summed E-state index contributed by atoms with van der Waals surface area (Å²) in [7, 11) is 0. The number of rotatable bonds is 4. The van der Waals surface area contributed by atoms with Crippen LogP contribution in [-0.4, -0.2) is 13.3 Å². The molecule has 3 nitrogen and oxygen atoms in total. The van der Waals surface area contributed by atoms with Crippen molar-refractivity contribution < 1.29 is 17.5 Å². The zero-order valence-corrected chi connectivity index (χ0v) is 13.6. The van der Waals surface area contributed by atoms with Gasteiger partial charge in [0.15, 0.2) is 0 Å². The van der Waals surface area contributed by atoms with Crippen LogP contribution in [0.2, 0.25) is 0 Å². The highest BCUT2D eigenvalue weighted by Crippen LogP contribution is 2.30. The highest BCUT2D eigenvalue weighted by molar-refractivity contribution is 7.78. The first-order valence-electron chi connectivity index (χ1n) is 7.24. The molecule has 0 aliphatic carbocycles. The van der Waals surface area contributed by atoms with E-state index in [-0.39, 0.29) is 5.75 Å². The van der Waals surface area contributed by atoms with Crippen molar-refractivity contribution in [2.75, 3.05) is 0 Å². The monoisotopic (exact) mass is 346 g/mol. The number of benzene rings is 2. The van der Waals surface area contributed by atoms with E-state index >= 15 is 0 Å². The highest BCUT2D eigenvalue weighted by atomic mass is 32.2. The Morgan fingerprint density at radius 3 is 2.42 bits per heavy atom. The van der Waals surface area contributed by atoms with E-state index in [1.165, 1.54) is 12.1 Å². The minimum atomic E-state index is -2.14. The summed E-state index contributed by atoms with van der Waals surface area (Å²) in [6.45, 7) is 1.85. The predicted octanol–water partition coefficient (Wildman–Crippen LogP) is 4.11. The third kappa shape index (κ3) is 3.29. The standard InChI is InChI=1S/C18H15F2NO2S/c1-12-8-9-21(15-5-2-13(3-6-15)11-24(22)23)18(12)16-7-4-14(19)10-17(16)20/h2-10H,11H2,1H3,(H,22,23)/p-1. The fourth-order valence-corrected chi connectivity index (χ4v) is 3.12. The van der Waals surface area contributed by atoms with Gasteiger partial charge in [0, 0.05) is 29.3 Å². The van der Waals surface area contributed by atoms with E-state index in [1.807, 2.05) is 13.0 Å². The molecule has 124 valence electrons. The van der Waals surface area contributed by atoms with Gasteiger partial charge in [0.25, 0.3) is 0 Å². The Hall–Kier alpha value is -2.31. The lowest BCUT2D eigenvalue weighted by molar-refractivity contribution is 0.536. The summed E-state index contributed by atoms with van der Waals surface area (Å²) in [5.41, 5.74) is 3.23. The van der Waals surface area contributed by atoms with Gasteiger partial charge in [-0.2, -0.15) is 0 Å². The van der Waals surface area contributed by atoms with Gasteiger partial charge in [-0.05, 0) is 48.4 Å². The lowest BCUT2D eigenvalue weighted by atomic mass is 10.1. The van der Waals surface area contributed by atoms with Crippen molar-refractivity contribution in [2.45, 2.75) is 12.7 Å². The second-order valence-corrected chi connectivity index (χ2v) is 6.35. The van der Waals surface area contributed by atoms with E-state index in [2.05, 4.69) is 0 Å². The van der Waals surface area contributed by atoms with Gasteiger partial charge in [-0.3, -0.25) is 4.21 Å². The van der Waals surface area contributed by atoms with Crippen LogP contribution in [0.4, 0.5) is 8.78 Å². The summed E-state index contributed by atoms with van der Waals surface area (Å²) in [6, 6.07) is 12.3. The topological polar surface area (TPSA) is 45.1 Å². The summed E-state index contributed by atoms with van der Waals surface area (Å²) in [5.74, 6) is -1.30. The molecule has 0 saturated heterocycles. The molecular formula is C18H14F2NO2S-. The van der Waals surface area contributed by atoms with Gasteiger partial charge in [-0.1, -0.05) is 23.2 Å². The van der Waals surface area contributed by atoms with Crippen LogP contribution in [0.25, 0.3) is 16.9 Å². The molecule has 6 heteroatoms. The van der Waals surface area contributed by atoms with Gasteiger partial charge in [0.1, 0.15) is 11.6 Å². The number of hydrogen-bond acceptors (Lipinski definition) is 2. The number of aryl methyl sites for hydroxylation is 1. The van der Waals surface area contributed by atoms with Crippen LogP contribution in [0.5, 0.6) is 0 Å². The Labute approximate surface area is 140 Å². The number of nitrogens with zero attached hydrogens (tertiary/aromatic N) is 1. The van der Waals surface area contributed by atoms with Crippen molar-refractivity contribution in [2.24, 2.45) is 0 Å². The smallest absolute Gasteiger partial charge is 0.135 e. The second-order valence-electron chi connectivity index (χ2n) is 5.46. The number of aromatic nitrogens is 1. The van der Waals surface area contributed by atoms with Gasteiger partial charge in [-0.15, -0.1) is 0 Å². The molecule has 1 atom stereocenters. The third-order valence-corrected chi connectivity index (χ3v) is 4.34. The van der Waals surface area contributed by atoms with E-state index in [1.54, 1.807) is 35.0 Å². The van der Waals surface area contributed by atoms with Crippen LogP contribution in [-0.2, 0) is 16.8 Å². The average molecular weight is 346 g/mol. The first-order valence-corrected chi connectivity index (χ1v) is 8.48. The molecule has 0 N–H and O–H groups in total. The summed E-state index contributed by atoms with van der Waals surface area (Å²) in [5, 5.41) is 0. The second kappa shape index (κ2) is 6.67. The molecular weight excluding hydrogens is 332 g/mol. The summed E-state index contributed by atoms with van der Waals surface area (Å²) < 4.78 is 50.6. The van der Waals surface area contributed by atoms with Crippen LogP contribution in [0.1, 0.15) is 11.1 Å². The lowest BCUT2D eigenvalue weighted by Gasteiger charge is -2.13. The maximum Gasteiger partial charge on any atom is 0.135 e. The quantitative estimate of drug-likeness (QED) is 0.667. The van der Waals surface area contributed by atoms with E-state index < -0.39 is 22.7 Å². The molecule has 0 aliphatic rings. The van der Waals surface area contributed by atoms with Crippen molar-refractivity contribution in [1.29, 1.82) is 0 Å². The Balaban J connectivity index is 2.05. The maximum absolute atomic E-state index is 14.2. The Bertz CT molecular complexity index is 904. The van der Waals surface area contributed by atoms with Crippen LogP contribution < -0.4 is 0 Å². The summed E-state index contributed by atoms with van der Waals surface area (Å²) in [6.07, 6.45) is 1.80. The van der Waals surface area contributed by atoms with Crippen LogP contribution in [0, 0.1) is 18.6 Å². The van der Waals surface area contributed by atoms with Crippen LogP contribution >= 0.6 is 0 Å². The third-order valence-electron chi connectivity index (χ3n) is 3.77. The molecule has 2 aromatic carbocycles. The Morgan fingerprint density at radius 2 is 1.79 bits per heavy atom. The largest absolute Gasteiger partial charge is 0.772 e. The van der Waals surface area contributed by atoms with E-state index in [4.69, 9.17) is 0 Å². The van der Waals surface area contributed by atoms with Gasteiger partial charge >= 0.3 is 0 Å². The van der Waals surface area contributed by atoms with Crippen molar-refractivity contribution >= 4 is 11.1 Å². The molecule has 1 unspecified atom stereocenters. The zero-order valence-electron chi connectivity index (χ0n) is 12.8.